The van der Waals surface area contributed by atoms with Gasteiger partial charge in [0, 0.05) is 36.1 Å². The molecule has 27 heavy (non-hydrogen) atoms. The first-order chi connectivity index (χ1) is 13.0. The van der Waals surface area contributed by atoms with Crippen LogP contribution in [0.3, 0.4) is 0 Å². The van der Waals surface area contributed by atoms with Gasteiger partial charge in [-0.15, -0.1) is 0 Å². The fraction of sp³-hybridized carbons (Fsp3) is 0.0476. The zero-order chi connectivity index (χ0) is 19.0. The molecule has 0 bridgehead atoms. The predicted molar refractivity (Wildman–Crippen MR) is 103 cm³/mol. The van der Waals surface area contributed by atoms with E-state index in [9.17, 15) is 14.3 Å². The molecular weight excluding hydrogens is 345 g/mol. The number of pyridine rings is 1. The second-order valence-corrected chi connectivity index (χ2v) is 6.22. The highest BCUT2D eigenvalue weighted by Gasteiger charge is 2.14. The van der Waals surface area contributed by atoms with E-state index in [1.54, 1.807) is 18.2 Å². The Hall–Kier alpha value is -3.67. The van der Waals surface area contributed by atoms with Crippen molar-refractivity contribution in [2.45, 2.75) is 0 Å². The number of nitrogens with zero attached hydrogens (tertiary/aromatic N) is 2. The third-order valence-electron chi connectivity index (χ3n) is 4.43. The Morgan fingerprint density at radius 2 is 1.93 bits per heavy atom. The van der Waals surface area contributed by atoms with Crippen LogP contribution in [0.25, 0.3) is 22.0 Å². The SMILES string of the molecule is Cn1ccc2cc(Nc3ncccc3C(=O)O)cc(-c3ccc(F)cc3)c21. The number of carbonyl (C=O) groups is 1. The minimum Gasteiger partial charge on any atom is -0.478 e. The first-order valence-electron chi connectivity index (χ1n) is 8.33. The maximum atomic E-state index is 13.3. The van der Waals surface area contributed by atoms with Crippen molar-refractivity contribution in [3.63, 3.8) is 0 Å². The fourth-order valence-corrected chi connectivity index (χ4v) is 3.18. The molecule has 0 fully saturated rings. The van der Waals surface area contributed by atoms with Gasteiger partial charge < -0.3 is 15.0 Å². The van der Waals surface area contributed by atoms with Crippen molar-refractivity contribution >= 4 is 28.4 Å². The number of anilines is 2. The monoisotopic (exact) mass is 361 g/mol. The van der Waals surface area contributed by atoms with E-state index in [1.165, 1.54) is 24.4 Å². The molecule has 4 aromatic rings. The van der Waals surface area contributed by atoms with Crippen LogP contribution < -0.4 is 5.32 Å². The van der Waals surface area contributed by atoms with E-state index in [0.717, 1.165) is 22.0 Å². The Bertz CT molecular complexity index is 1150. The Kier molecular flexibility index (Phi) is 4.08. The average molecular weight is 361 g/mol. The number of carboxylic acid groups (broad SMARTS) is 1. The number of aromatic carboxylic acids is 1. The van der Waals surface area contributed by atoms with E-state index in [2.05, 4.69) is 10.3 Å². The van der Waals surface area contributed by atoms with Crippen molar-refractivity contribution in [1.82, 2.24) is 9.55 Å². The lowest BCUT2D eigenvalue weighted by Crippen LogP contribution is -2.04. The highest BCUT2D eigenvalue weighted by molar-refractivity contribution is 5.99. The van der Waals surface area contributed by atoms with E-state index < -0.39 is 5.97 Å². The van der Waals surface area contributed by atoms with Crippen LogP contribution in [0, 0.1) is 5.82 Å². The van der Waals surface area contributed by atoms with Crippen LogP contribution >= 0.6 is 0 Å². The molecule has 0 radical (unpaired) electrons. The van der Waals surface area contributed by atoms with E-state index >= 15 is 0 Å². The molecule has 2 heterocycles. The highest BCUT2D eigenvalue weighted by atomic mass is 19.1. The fourth-order valence-electron chi connectivity index (χ4n) is 3.18. The molecule has 0 saturated heterocycles. The van der Waals surface area contributed by atoms with Gasteiger partial charge in [-0.05, 0) is 48.0 Å². The largest absolute Gasteiger partial charge is 0.478 e. The number of aromatic nitrogens is 2. The van der Waals surface area contributed by atoms with Gasteiger partial charge in [-0.3, -0.25) is 0 Å². The van der Waals surface area contributed by atoms with Crippen molar-refractivity contribution < 1.29 is 14.3 Å². The molecule has 2 aromatic heterocycles. The van der Waals surface area contributed by atoms with Crippen LogP contribution in [0.2, 0.25) is 0 Å². The zero-order valence-electron chi connectivity index (χ0n) is 14.5. The van der Waals surface area contributed by atoms with E-state index in [1.807, 2.05) is 36.0 Å². The molecule has 0 saturated carbocycles. The smallest absolute Gasteiger partial charge is 0.339 e. The molecule has 0 aliphatic heterocycles. The van der Waals surface area contributed by atoms with Gasteiger partial charge in [0.2, 0.25) is 0 Å². The number of hydrogen-bond acceptors (Lipinski definition) is 3. The Labute approximate surface area is 154 Å². The van der Waals surface area contributed by atoms with Crippen molar-refractivity contribution in [2.24, 2.45) is 7.05 Å². The molecule has 0 aliphatic carbocycles. The minimum absolute atomic E-state index is 0.0917. The molecule has 6 heteroatoms. The van der Waals surface area contributed by atoms with Crippen LogP contribution in [0.15, 0.2) is 67.0 Å². The minimum atomic E-state index is -1.05. The number of hydrogen-bond donors (Lipinski definition) is 2. The number of nitrogens with one attached hydrogen (secondary N) is 1. The molecule has 4 rings (SSSR count). The van der Waals surface area contributed by atoms with Gasteiger partial charge in [0.1, 0.15) is 17.2 Å². The lowest BCUT2D eigenvalue weighted by Gasteiger charge is -2.13. The van der Waals surface area contributed by atoms with Crippen LogP contribution in [-0.4, -0.2) is 20.6 Å². The molecule has 2 N–H and O–H groups in total. The summed E-state index contributed by atoms with van der Waals surface area (Å²) in [5.41, 5.74) is 3.58. The summed E-state index contributed by atoms with van der Waals surface area (Å²) in [5.74, 6) is -1.08. The molecule has 0 aliphatic rings. The van der Waals surface area contributed by atoms with Crippen molar-refractivity contribution in [3.05, 3.63) is 78.4 Å². The third-order valence-corrected chi connectivity index (χ3v) is 4.43. The van der Waals surface area contributed by atoms with Gasteiger partial charge in [0.15, 0.2) is 0 Å². The molecule has 2 aromatic carbocycles. The summed E-state index contributed by atoms with van der Waals surface area (Å²) < 4.78 is 15.3. The second kappa shape index (κ2) is 6.57. The Balaban J connectivity index is 1.86. The van der Waals surface area contributed by atoms with Crippen LogP contribution in [0.5, 0.6) is 0 Å². The van der Waals surface area contributed by atoms with E-state index in [-0.39, 0.29) is 17.2 Å². The summed E-state index contributed by atoms with van der Waals surface area (Å²) in [7, 11) is 1.95. The summed E-state index contributed by atoms with van der Waals surface area (Å²) in [6.45, 7) is 0. The van der Waals surface area contributed by atoms with Crippen molar-refractivity contribution in [3.8, 4) is 11.1 Å². The quantitative estimate of drug-likeness (QED) is 0.547. The van der Waals surface area contributed by atoms with Gasteiger partial charge in [0.25, 0.3) is 0 Å². The van der Waals surface area contributed by atoms with Gasteiger partial charge in [-0.1, -0.05) is 12.1 Å². The normalized spacial score (nSPS) is 10.9. The van der Waals surface area contributed by atoms with Gasteiger partial charge in [-0.25, -0.2) is 14.2 Å². The molecule has 5 nitrogen and oxygen atoms in total. The molecule has 0 spiro atoms. The standard InChI is InChI=1S/C21H16FN3O2/c1-25-10-8-14-11-16(24-20-17(21(26)27)3-2-9-23-20)12-18(19(14)25)13-4-6-15(22)7-5-13/h2-12H,1H3,(H,23,24)(H,26,27). The summed E-state index contributed by atoms with van der Waals surface area (Å²) in [5, 5.41) is 13.4. The van der Waals surface area contributed by atoms with Gasteiger partial charge in [0.05, 0.1) is 5.52 Å². The zero-order valence-corrected chi connectivity index (χ0v) is 14.5. The first kappa shape index (κ1) is 16.8. The number of carboxylic acids is 1. The maximum Gasteiger partial charge on any atom is 0.339 e. The molecular formula is C21H16FN3O2. The number of aryl methyl sites for hydroxylation is 1. The highest BCUT2D eigenvalue weighted by Crippen LogP contribution is 2.34. The number of benzene rings is 2. The van der Waals surface area contributed by atoms with Gasteiger partial charge in [-0.2, -0.15) is 0 Å². The Morgan fingerprint density at radius 1 is 1.15 bits per heavy atom. The van der Waals surface area contributed by atoms with E-state index in [0.29, 0.717) is 5.69 Å². The summed E-state index contributed by atoms with van der Waals surface area (Å²) in [4.78, 5) is 15.6. The van der Waals surface area contributed by atoms with Crippen LogP contribution in [-0.2, 0) is 7.05 Å². The second-order valence-electron chi connectivity index (χ2n) is 6.22. The Morgan fingerprint density at radius 3 is 2.67 bits per heavy atom. The topological polar surface area (TPSA) is 67.2 Å². The predicted octanol–water partition coefficient (Wildman–Crippen LogP) is 4.82. The summed E-state index contributed by atoms with van der Waals surface area (Å²) >= 11 is 0. The van der Waals surface area contributed by atoms with E-state index in [4.69, 9.17) is 0 Å². The summed E-state index contributed by atoms with van der Waals surface area (Å²) in [6.07, 6.45) is 3.49. The molecule has 134 valence electrons. The number of rotatable bonds is 4. The maximum absolute atomic E-state index is 13.3. The number of halogens is 1. The lowest BCUT2D eigenvalue weighted by molar-refractivity contribution is 0.0697. The van der Waals surface area contributed by atoms with Crippen molar-refractivity contribution in [1.29, 1.82) is 0 Å². The van der Waals surface area contributed by atoms with Crippen LogP contribution in [0.1, 0.15) is 10.4 Å². The molecule has 0 amide bonds. The average Bonchev–Trinajstić information content (AvgIpc) is 3.03. The first-order valence-corrected chi connectivity index (χ1v) is 8.33. The van der Waals surface area contributed by atoms with Crippen molar-refractivity contribution in [2.75, 3.05) is 5.32 Å². The van der Waals surface area contributed by atoms with Crippen LogP contribution in [0.4, 0.5) is 15.9 Å². The number of fused-ring (bicyclic) bond motifs is 1. The molecule has 0 unspecified atom stereocenters. The third kappa shape index (κ3) is 3.13. The van der Waals surface area contributed by atoms with Gasteiger partial charge >= 0.3 is 5.97 Å². The lowest BCUT2D eigenvalue weighted by atomic mass is 10.0. The molecule has 0 atom stereocenters. The summed E-state index contributed by atoms with van der Waals surface area (Å²) in [6, 6.07) is 15.2.